The van der Waals surface area contributed by atoms with Crippen molar-refractivity contribution in [1.29, 1.82) is 0 Å². The van der Waals surface area contributed by atoms with Crippen LogP contribution in [0.3, 0.4) is 0 Å². The van der Waals surface area contributed by atoms with Gasteiger partial charge in [0.2, 0.25) is 0 Å². The summed E-state index contributed by atoms with van der Waals surface area (Å²) < 4.78 is 0. The Morgan fingerprint density at radius 1 is 0.298 bits per heavy atom. The fourth-order valence-corrected chi connectivity index (χ4v) is 12.3. The summed E-state index contributed by atoms with van der Waals surface area (Å²) in [6.07, 6.45) is 17.7. The van der Waals surface area contributed by atoms with E-state index in [1.807, 2.05) is 48.5 Å². The molecule has 8 rings (SSSR count). The molecule has 4 amide bonds. The number of nitrogens with one attached hydrogen (secondary N) is 4. The molecule has 0 saturated heterocycles. The number of carbonyl (C=O) groups is 4. The van der Waals surface area contributed by atoms with E-state index in [0.29, 0.717) is 72.1 Å². The summed E-state index contributed by atoms with van der Waals surface area (Å²) >= 11 is 0. The van der Waals surface area contributed by atoms with Crippen LogP contribution >= 0.6 is 0 Å². The Bertz CT molecular complexity index is 2970. The van der Waals surface area contributed by atoms with Crippen molar-refractivity contribution in [1.82, 2.24) is 21.3 Å². The lowest BCUT2D eigenvalue weighted by Crippen LogP contribution is -2.29. The van der Waals surface area contributed by atoms with Crippen molar-refractivity contribution in [2.75, 3.05) is 26.2 Å². The van der Waals surface area contributed by atoms with E-state index in [1.54, 1.807) is 0 Å². The second-order valence-corrected chi connectivity index (χ2v) is 23.8. The molecule has 4 N–H and O–H groups in total. The summed E-state index contributed by atoms with van der Waals surface area (Å²) in [6, 6.07) is 45.7. The third kappa shape index (κ3) is 15.3. The molecule has 0 heterocycles. The molecule has 0 aliphatic carbocycles. The molecular weight excluding hydrogens is 1030 g/mol. The Morgan fingerprint density at radius 2 is 0.500 bits per heavy atom. The minimum absolute atomic E-state index is 0.0645. The number of hydrogen-bond acceptors (Lipinski definition) is 4. The molecule has 0 saturated carbocycles. The highest BCUT2D eigenvalue weighted by Crippen LogP contribution is 2.48. The first-order valence-corrected chi connectivity index (χ1v) is 32.3. The SMILES string of the molecule is CCCCC(CC)CNC(=O)c1ccc(-c2cc(-c3ccc(C(=O)NCC(CC)CCCC)cc3)c3ccc4c(-c5ccc(C(=O)NCC(CC)CCCC)cc5)cc(-c5ccc(C(=O)NCC(CC)CCCC)cc5)c5ccc2c3c54)cc1. The van der Waals surface area contributed by atoms with E-state index in [-0.39, 0.29) is 23.6 Å². The van der Waals surface area contributed by atoms with Crippen molar-refractivity contribution in [2.24, 2.45) is 23.7 Å². The van der Waals surface area contributed by atoms with Crippen molar-refractivity contribution < 1.29 is 19.2 Å². The van der Waals surface area contributed by atoms with Crippen LogP contribution in [0.4, 0.5) is 0 Å². The molecule has 0 aliphatic heterocycles. The number of unbranched alkanes of at least 4 members (excludes halogenated alkanes) is 4. The Kier molecular flexibility index (Phi) is 23.1. The zero-order chi connectivity index (χ0) is 59.5. The molecule has 442 valence electrons. The van der Waals surface area contributed by atoms with Gasteiger partial charge in [0.25, 0.3) is 23.6 Å². The molecule has 8 nitrogen and oxygen atoms in total. The van der Waals surface area contributed by atoms with Crippen LogP contribution in [0.1, 0.15) is 200 Å². The van der Waals surface area contributed by atoms with E-state index in [1.165, 1.54) is 0 Å². The second kappa shape index (κ2) is 31.0. The van der Waals surface area contributed by atoms with E-state index in [0.717, 1.165) is 180 Å². The molecule has 0 aromatic heterocycles. The number of rotatable bonds is 32. The summed E-state index contributed by atoms with van der Waals surface area (Å²) in [4.78, 5) is 54.8. The number of amides is 4. The molecule has 4 unspecified atom stereocenters. The highest BCUT2D eigenvalue weighted by molar-refractivity contribution is 6.32. The summed E-state index contributed by atoms with van der Waals surface area (Å²) in [6.45, 7) is 20.3. The molecule has 0 bridgehead atoms. The van der Waals surface area contributed by atoms with Crippen molar-refractivity contribution in [3.8, 4) is 44.5 Å². The standard InChI is InChI=1S/C76H94N4O4/c1-9-17-21-51(13-5)47-77-73(81)59-33-25-55(26-34-59)67-45-68(56-27-35-60(36-28-56)74(82)78-48-52(14-6)22-18-10-2)64-43-44-66-70(58-31-39-62(40-32-58)76(84)80-50-54(16-8)24-20-12-4)46-69(65-42-41-63(67)71(64)72(65)66)57-29-37-61(38-30-57)75(83)79-49-53(15-7)23-19-11-3/h25-46,51-54H,9-24,47-50H2,1-8H3,(H,77,81)(H,78,82)(H,79,83)(H,80,84). The first-order chi connectivity index (χ1) is 41.0. The molecule has 4 atom stereocenters. The van der Waals surface area contributed by atoms with Crippen molar-refractivity contribution in [3.63, 3.8) is 0 Å². The monoisotopic (exact) mass is 1130 g/mol. The largest absolute Gasteiger partial charge is 0.352 e. The summed E-state index contributed by atoms with van der Waals surface area (Å²) in [5, 5.41) is 19.4. The Hall–Kier alpha value is -7.32. The van der Waals surface area contributed by atoms with Crippen LogP contribution in [0.5, 0.6) is 0 Å². The number of hydrogen-bond donors (Lipinski definition) is 4. The molecule has 8 aromatic carbocycles. The summed E-state index contributed by atoms with van der Waals surface area (Å²) in [5.74, 6) is 1.54. The first-order valence-electron chi connectivity index (χ1n) is 32.3. The quantitative estimate of drug-likeness (QED) is 0.0314. The Labute approximate surface area is 502 Å². The number of carbonyl (C=O) groups excluding carboxylic acids is 4. The molecule has 8 heteroatoms. The summed E-state index contributed by atoms with van der Waals surface area (Å²) in [7, 11) is 0. The maximum atomic E-state index is 13.7. The van der Waals surface area contributed by atoms with Gasteiger partial charge in [0.05, 0.1) is 0 Å². The normalized spacial score (nSPS) is 13.0. The van der Waals surface area contributed by atoms with E-state index < -0.39 is 0 Å². The average Bonchev–Trinajstić information content (AvgIpc) is 2.80. The van der Waals surface area contributed by atoms with Gasteiger partial charge in [0.15, 0.2) is 0 Å². The Morgan fingerprint density at radius 3 is 0.679 bits per heavy atom. The predicted octanol–water partition coefficient (Wildman–Crippen LogP) is 19.0. The van der Waals surface area contributed by atoms with E-state index in [4.69, 9.17) is 0 Å². The zero-order valence-corrected chi connectivity index (χ0v) is 51.8. The van der Waals surface area contributed by atoms with E-state index in [2.05, 4.69) is 162 Å². The number of benzene rings is 8. The van der Waals surface area contributed by atoms with Crippen molar-refractivity contribution in [3.05, 3.63) is 156 Å². The predicted molar refractivity (Wildman–Crippen MR) is 354 cm³/mol. The van der Waals surface area contributed by atoms with Gasteiger partial charge in [-0.2, -0.15) is 0 Å². The Balaban J connectivity index is 1.27. The third-order valence-corrected chi connectivity index (χ3v) is 18.1. The van der Waals surface area contributed by atoms with Gasteiger partial charge in [0, 0.05) is 48.4 Å². The molecule has 0 radical (unpaired) electrons. The molecule has 8 aromatic rings. The van der Waals surface area contributed by atoms with Gasteiger partial charge < -0.3 is 21.3 Å². The fraction of sp³-hybridized carbons (Fsp3) is 0.421. The molecule has 0 fully saturated rings. The van der Waals surface area contributed by atoms with Crippen LogP contribution in [0, 0.1) is 23.7 Å². The molecular formula is C76H94N4O4. The van der Waals surface area contributed by atoms with E-state index >= 15 is 0 Å². The van der Waals surface area contributed by atoms with Gasteiger partial charge in [-0.05, 0) is 187 Å². The maximum absolute atomic E-state index is 13.7. The lowest BCUT2D eigenvalue weighted by molar-refractivity contribution is 0.0937. The van der Waals surface area contributed by atoms with Crippen LogP contribution in [0.15, 0.2) is 133 Å². The van der Waals surface area contributed by atoms with Crippen LogP contribution in [0.2, 0.25) is 0 Å². The minimum atomic E-state index is -0.0645. The van der Waals surface area contributed by atoms with Gasteiger partial charge in [-0.3, -0.25) is 19.2 Å². The van der Waals surface area contributed by atoms with Gasteiger partial charge >= 0.3 is 0 Å². The molecule has 0 spiro atoms. The van der Waals surface area contributed by atoms with Gasteiger partial charge in [-0.15, -0.1) is 0 Å². The smallest absolute Gasteiger partial charge is 0.251 e. The van der Waals surface area contributed by atoms with Crippen LogP contribution in [-0.2, 0) is 0 Å². The van der Waals surface area contributed by atoms with Gasteiger partial charge in [-0.25, -0.2) is 0 Å². The lowest BCUT2D eigenvalue weighted by atomic mass is 9.81. The van der Waals surface area contributed by atoms with Gasteiger partial charge in [0.1, 0.15) is 0 Å². The van der Waals surface area contributed by atoms with Crippen LogP contribution in [-0.4, -0.2) is 49.8 Å². The van der Waals surface area contributed by atoms with Crippen molar-refractivity contribution in [2.45, 2.75) is 158 Å². The highest BCUT2D eigenvalue weighted by atomic mass is 16.2. The highest BCUT2D eigenvalue weighted by Gasteiger charge is 2.23. The minimum Gasteiger partial charge on any atom is -0.352 e. The van der Waals surface area contributed by atoms with Gasteiger partial charge in [-0.1, -0.05) is 205 Å². The van der Waals surface area contributed by atoms with Crippen LogP contribution < -0.4 is 21.3 Å². The molecule has 84 heavy (non-hydrogen) atoms. The maximum Gasteiger partial charge on any atom is 0.251 e. The lowest BCUT2D eigenvalue weighted by Gasteiger charge is -2.22. The average molecular weight is 1130 g/mol. The van der Waals surface area contributed by atoms with Crippen LogP contribution in [0.25, 0.3) is 76.8 Å². The fourth-order valence-electron chi connectivity index (χ4n) is 12.3. The van der Waals surface area contributed by atoms with Crippen molar-refractivity contribution >= 4 is 55.9 Å². The first kappa shape index (κ1) is 62.7. The second-order valence-electron chi connectivity index (χ2n) is 23.8. The summed E-state index contributed by atoms with van der Waals surface area (Å²) in [5.41, 5.74) is 10.6. The topological polar surface area (TPSA) is 116 Å². The molecule has 0 aliphatic rings. The van der Waals surface area contributed by atoms with E-state index in [9.17, 15) is 19.2 Å². The third-order valence-electron chi connectivity index (χ3n) is 18.1. The zero-order valence-electron chi connectivity index (χ0n) is 51.8.